The second kappa shape index (κ2) is 7.40. The van der Waals surface area contributed by atoms with Gasteiger partial charge in [0.25, 0.3) is 0 Å². The molecule has 0 spiro atoms. The standard InChI is InChI=1S/C12H22N4O2S/c1-4-11-9-12(15-10-14-11)13-7-6-8-16(5-2)19(3,17)18/h9-10H,4-8H2,1-3H3,(H,13,14,15). The van der Waals surface area contributed by atoms with E-state index in [-0.39, 0.29) is 0 Å². The van der Waals surface area contributed by atoms with Gasteiger partial charge in [0.2, 0.25) is 10.0 Å². The minimum absolute atomic E-state index is 0.506. The van der Waals surface area contributed by atoms with Crippen LogP contribution in [0.2, 0.25) is 0 Å². The predicted octanol–water partition coefficient (Wildman–Crippen LogP) is 1.12. The van der Waals surface area contributed by atoms with Gasteiger partial charge in [0.15, 0.2) is 0 Å². The Hall–Kier alpha value is -1.21. The Morgan fingerprint density at radius 3 is 2.63 bits per heavy atom. The first-order valence-electron chi connectivity index (χ1n) is 6.47. The van der Waals surface area contributed by atoms with Crippen LogP contribution in [-0.2, 0) is 16.4 Å². The van der Waals surface area contributed by atoms with Crippen molar-refractivity contribution in [1.82, 2.24) is 14.3 Å². The smallest absolute Gasteiger partial charge is 0.211 e. The molecule has 0 amide bonds. The first kappa shape index (κ1) is 15.8. The number of sulfonamides is 1. The Balaban J connectivity index is 2.38. The van der Waals surface area contributed by atoms with Crippen molar-refractivity contribution in [2.45, 2.75) is 26.7 Å². The number of anilines is 1. The molecule has 0 aliphatic heterocycles. The van der Waals surface area contributed by atoms with Crippen molar-refractivity contribution >= 4 is 15.8 Å². The maximum Gasteiger partial charge on any atom is 0.211 e. The first-order chi connectivity index (χ1) is 8.97. The van der Waals surface area contributed by atoms with Gasteiger partial charge in [-0.2, -0.15) is 0 Å². The zero-order valence-corrected chi connectivity index (χ0v) is 12.6. The Morgan fingerprint density at radius 2 is 2.05 bits per heavy atom. The van der Waals surface area contributed by atoms with E-state index in [4.69, 9.17) is 0 Å². The number of aryl methyl sites for hydroxylation is 1. The molecule has 1 N–H and O–H groups in total. The van der Waals surface area contributed by atoms with Crippen molar-refractivity contribution in [1.29, 1.82) is 0 Å². The summed E-state index contributed by atoms with van der Waals surface area (Å²) in [6.45, 7) is 5.59. The third-order valence-corrected chi connectivity index (χ3v) is 4.18. The lowest BCUT2D eigenvalue weighted by atomic mass is 10.3. The molecule has 6 nitrogen and oxygen atoms in total. The number of nitrogens with one attached hydrogen (secondary N) is 1. The summed E-state index contributed by atoms with van der Waals surface area (Å²) in [6, 6.07) is 1.91. The summed E-state index contributed by atoms with van der Waals surface area (Å²) in [4.78, 5) is 8.24. The SMILES string of the molecule is CCc1cc(NCCCN(CC)S(C)(=O)=O)ncn1. The number of rotatable bonds is 8. The van der Waals surface area contributed by atoms with Crippen LogP contribution in [0.4, 0.5) is 5.82 Å². The highest BCUT2D eigenvalue weighted by molar-refractivity contribution is 7.88. The maximum absolute atomic E-state index is 11.4. The van der Waals surface area contributed by atoms with Gasteiger partial charge in [0.1, 0.15) is 12.1 Å². The van der Waals surface area contributed by atoms with E-state index in [1.165, 1.54) is 16.9 Å². The molecule has 1 aromatic rings. The van der Waals surface area contributed by atoms with Crippen molar-refractivity contribution in [3.05, 3.63) is 18.1 Å². The molecule has 108 valence electrons. The van der Waals surface area contributed by atoms with E-state index >= 15 is 0 Å². The van der Waals surface area contributed by atoms with Crippen LogP contribution < -0.4 is 5.32 Å². The zero-order chi connectivity index (χ0) is 14.3. The highest BCUT2D eigenvalue weighted by Crippen LogP contribution is 2.05. The minimum atomic E-state index is -3.09. The molecule has 0 saturated carbocycles. The van der Waals surface area contributed by atoms with Crippen LogP contribution in [0.3, 0.4) is 0 Å². The molecule has 0 fully saturated rings. The van der Waals surface area contributed by atoms with Crippen LogP contribution in [0.1, 0.15) is 26.0 Å². The molecule has 19 heavy (non-hydrogen) atoms. The molecule has 0 aromatic carbocycles. The molecule has 1 aromatic heterocycles. The van der Waals surface area contributed by atoms with Crippen LogP contribution in [0, 0.1) is 0 Å². The van der Waals surface area contributed by atoms with E-state index in [0.717, 1.165) is 24.4 Å². The molecule has 0 saturated heterocycles. The van der Waals surface area contributed by atoms with Crippen molar-refractivity contribution in [3.63, 3.8) is 0 Å². The minimum Gasteiger partial charge on any atom is -0.370 e. The van der Waals surface area contributed by atoms with Gasteiger partial charge in [-0.1, -0.05) is 13.8 Å². The largest absolute Gasteiger partial charge is 0.370 e. The van der Waals surface area contributed by atoms with E-state index < -0.39 is 10.0 Å². The van der Waals surface area contributed by atoms with Crippen LogP contribution in [0.15, 0.2) is 12.4 Å². The highest BCUT2D eigenvalue weighted by Gasteiger charge is 2.12. The number of hydrogen-bond donors (Lipinski definition) is 1. The second-order valence-electron chi connectivity index (χ2n) is 4.28. The Bertz CT molecular complexity index is 490. The number of hydrogen-bond acceptors (Lipinski definition) is 5. The van der Waals surface area contributed by atoms with Crippen LogP contribution in [0.5, 0.6) is 0 Å². The van der Waals surface area contributed by atoms with Crippen molar-refractivity contribution in [2.24, 2.45) is 0 Å². The molecular weight excluding hydrogens is 264 g/mol. The molecule has 0 unspecified atom stereocenters. The average Bonchev–Trinajstić information content (AvgIpc) is 2.37. The summed E-state index contributed by atoms with van der Waals surface area (Å²) in [5.74, 6) is 0.786. The monoisotopic (exact) mass is 286 g/mol. The van der Waals surface area contributed by atoms with Gasteiger partial charge in [-0.3, -0.25) is 0 Å². The van der Waals surface area contributed by atoms with Crippen LogP contribution in [-0.4, -0.2) is 48.6 Å². The van der Waals surface area contributed by atoms with Crippen molar-refractivity contribution in [2.75, 3.05) is 31.2 Å². The van der Waals surface area contributed by atoms with Crippen molar-refractivity contribution in [3.8, 4) is 0 Å². The molecule has 0 aliphatic rings. The highest BCUT2D eigenvalue weighted by atomic mass is 32.2. The van der Waals surface area contributed by atoms with E-state index in [9.17, 15) is 8.42 Å². The van der Waals surface area contributed by atoms with Crippen LogP contribution >= 0.6 is 0 Å². The first-order valence-corrected chi connectivity index (χ1v) is 8.32. The molecule has 0 aliphatic carbocycles. The topological polar surface area (TPSA) is 75.2 Å². The van der Waals surface area contributed by atoms with Gasteiger partial charge in [-0.05, 0) is 12.8 Å². The maximum atomic E-state index is 11.4. The van der Waals surface area contributed by atoms with E-state index in [1.54, 1.807) is 0 Å². The molecule has 0 radical (unpaired) electrons. The summed E-state index contributed by atoms with van der Waals surface area (Å²) in [6.07, 6.45) is 4.39. The normalized spacial score (nSPS) is 11.8. The summed E-state index contributed by atoms with van der Waals surface area (Å²) in [5, 5.41) is 3.18. The van der Waals surface area contributed by atoms with E-state index in [0.29, 0.717) is 19.6 Å². The van der Waals surface area contributed by atoms with Crippen LogP contribution in [0.25, 0.3) is 0 Å². The molecule has 7 heteroatoms. The summed E-state index contributed by atoms with van der Waals surface area (Å²) < 4.78 is 24.3. The van der Waals surface area contributed by atoms with Gasteiger partial charge in [0.05, 0.1) is 6.26 Å². The summed E-state index contributed by atoms with van der Waals surface area (Å²) in [5.41, 5.74) is 0.990. The van der Waals surface area contributed by atoms with Gasteiger partial charge >= 0.3 is 0 Å². The predicted molar refractivity (Wildman–Crippen MR) is 76.6 cm³/mol. The van der Waals surface area contributed by atoms with Gasteiger partial charge in [0, 0.05) is 31.4 Å². The second-order valence-corrected chi connectivity index (χ2v) is 6.27. The Labute approximate surface area is 115 Å². The lowest BCUT2D eigenvalue weighted by molar-refractivity contribution is 0.428. The van der Waals surface area contributed by atoms with E-state index in [1.807, 2.05) is 19.9 Å². The quantitative estimate of drug-likeness (QED) is 0.725. The number of nitrogens with zero attached hydrogens (tertiary/aromatic N) is 3. The third-order valence-electron chi connectivity index (χ3n) is 2.80. The molecule has 0 bridgehead atoms. The molecule has 1 rings (SSSR count). The molecular formula is C12H22N4O2S. The fraction of sp³-hybridized carbons (Fsp3) is 0.667. The molecule has 0 atom stereocenters. The Kier molecular flexibility index (Phi) is 6.17. The fourth-order valence-corrected chi connectivity index (χ4v) is 2.65. The fourth-order valence-electron chi connectivity index (χ4n) is 1.72. The van der Waals surface area contributed by atoms with Gasteiger partial charge < -0.3 is 5.32 Å². The van der Waals surface area contributed by atoms with Gasteiger partial charge in [-0.25, -0.2) is 22.7 Å². The lowest BCUT2D eigenvalue weighted by Crippen LogP contribution is -2.31. The summed E-state index contributed by atoms with van der Waals surface area (Å²) >= 11 is 0. The summed E-state index contributed by atoms with van der Waals surface area (Å²) in [7, 11) is -3.09. The average molecular weight is 286 g/mol. The van der Waals surface area contributed by atoms with Crippen molar-refractivity contribution < 1.29 is 8.42 Å². The zero-order valence-electron chi connectivity index (χ0n) is 11.8. The number of aromatic nitrogens is 2. The third kappa shape index (κ3) is 5.52. The van der Waals surface area contributed by atoms with Gasteiger partial charge in [-0.15, -0.1) is 0 Å². The Morgan fingerprint density at radius 1 is 1.32 bits per heavy atom. The molecule has 1 heterocycles. The lowest BCUT2D eigenvalue weighted by Gasteiger charge is -2.17. The van der Waals surface area contributed by atoms with E-state index in [2.05, 4.69) is 15.3 Å².